The molecular weight excluding hydrogens is 737 g/mol. The standard InChI is InChI=1S/C47H90NO8P/c1-3-5-7-9-11-13-15-17-19-21-22-24-25-27-29-31-33-35-37-39-46(49)53-43-45(44-55-57(51,52)54-42-41-48)56-47(50)40-38-36-34-32-30-28-26-23-20-18-16-14-12-10-8-6-4-2/h18,20-22,45H,3-17,19,23-44,48H2,1-2H3,(H,51,52)/b20-18-,22-21-/t45-/m1/s1. The molecule has 0 aliphatic rings. The van der Waals surface area contributed by atoms with E-state index in [0.29, 0.717) is 6.42 Å². The molecule has 57 heavy (non-hydrogen) atoms. The van der Waals surface area contributed by atoms with Crippen molar-refractivity contribution >= 4 is 19.8 Å². The molecule has 336 valence electrons. The highest BCUT2D eigenvalue weighted by Crippen LogP contribution is 2.43. The summed E-state index contributed by atoms with van der Waals surface area (Å²) >= 11 is 0. The highest BCUT2D eigenvalue weighted by Gasteiger charge is 2.26. The molecule has 1 unspecified atom stereocenters. The number of carbonyl (C=O) groups is 2. The first-order valence-electron chi connectivity index (χ1n) is 23.8. The first-order chi connectivity index (χ1) is 27.8. The lowest BCUT2D eigenvalue weighted by Gasteiger charge is -2.19. The molecule has 0 bridgehead atoms. The Bertz CT molecular complexity index is 990. The minimum absolute atomic E-state index is 0.0533. The summed E-state index contributed by atoms with van der Waals surface area (Å²) in [6.45, 7) is 3.75. The summed E-state index contributed by atoms with van der Waals surface area (Å²) in [6.07, 6.45) is 47.8. The minimum atomic E-state index is -4.38. The van der Waals surface area contributed by atoms with Crippen LogP contribution in [-0.4, -0.2) is 49.3 Å². The maximum absolute atomic E-state index is 12.6. The maximum atomic E-state index is 12.6. The molecule has 0 aromatic carbocycles. The number of phosphoric ester groups is 1. The number of carbonyl (C=O) groups excluding carboxylic acids is 2. The van der Waals surface area contributed by atoms with Crippen LogP contribution >= 0.6 is 7.82 Å². The zero-order chi connectivity index (χ0) is 41.8. The lowest BCUT2D eigenvalue weighted by molar-refractivity contribution is -0.161. The lowest BCUT2D eigenvalue weighted by atomic mass is 10.1. The summed E-state index contributed by atoms with van der Waals surface area (Å²) in [6, 6.07) is 0. The third-order valence-electron chi connectivity index (χ3n) is 10.3. The van der Waals surface area contributed by atoms with Crippen molar-refractivity contribution in [1.82, 2.24) is 0 Å². The Hall–Kier alpha value is -1.51. The summed E-state index contributed by atoms with van der Waals surface area (Å²) in [4.78, 5) is 35.0. The van der Waals surface area contributed by atoms with Gasteiger partial charge in [-0.3, -0.25) is 18.6 Å². The molecule has 0 saturated heterocycles. The van der Waals surface area contributed by atoms with Crippen molar-refractivity contribution in [1.29, 1.82) is 0 Å². The molecule has 9 nitrogen and oxygen atoms in total. The smallest absolute Gasteiger partial charge is 0.462 e. The predicted octanol–water partition coefficient (Wildman–Crippen LogP) is 13.9. The van der Waals surface area contributed by atoms with Crippen molar-refractivity contribution in [3.63, 3.8) is 0 Å². The molecule has 0 aliphatic carbocycles. The Morgan fingerprint density at radius 2 is 0.860 bits per heavy atom. The second-order valence-electron chi connectivity index (χ2n) is 16.0. The van der Waals surface area contributed by atoms with Gasteiger partial charge >= 0.3 is 19.8 Å². The molecule has 0 amide bonds. The number of allylic oxidation sites excluding steroid dienone is 4. The van der Waals surface area contributed by atoms with Gasteiger partial charge in [0.15, 0.2) is 6.10 Å². The van der Waals surface area contributed by atoms with Gasteiger partial charge in [0.2, 0.25) is 0 Å². The molecule has 3 N–H and O–H groups in total. The zero-order valence-electron chi connectivity index (χ0n) is 37.1. The van der Waals surface area contributed by atoms with E-state index in [1.165, 1.54) is 148 Å². The van der Waals surface area contributed by atoms with Gasteiger partial charge in [-0.15, -0.1) is 0 Å². The van der Waals surface area contributed by atoms with E-state index in [1.807, 2.05) is 0 Å². The van der Waals surface area contributed by atoms with E-state index in [4.69, 9.17) is 24.3 Å². The second-order valence-corrected chi connectivity index (χ2v) is 17.4. The monoisotopic (exact) mass is 828 g/mol. The SMILES string of the molecule is CCCCCCCC/C=C\CCCCCCCCCC(=O)O[C@H](COC(=O)CCCCCCCCC/C=C\CCCCCCCCCC)COP(=O)(O)OCCN. The number of rotatable bonds is 45. The third-order valence-corrected chi connectivity index (χ3v) is 11.3. The molecule has 2 atom stereocenters. The first-order valence-corrected chi connectivity index (χ1v) is 25.3. The van der Waals surface area contributed by atoms with Gasteiger partial charge in [0, 0.05) is 19.4 Å². The zero-order valence-corrected chi connectivity index (χ0v) is 38.0. The van der Waals surface area contributed by atoms with Crippen LogP contribution in [0.5, 0.6) is 0 Å². The van der Waals surface area contributed by atoms with E-state index in [0.717, 1.165) is 51.4 Å². The Morgan fingerprint density at radius 3 is 1.25 bits per heavy atom. The molecule has 0 saturated carbocycles. The summed E-state index contributed by atoms with van der Waals surface area (Å²) in [5.41, 5.74) is 5.36. The lowest BCUT2D eigenvalue weighted by Crippen LogP contribution is -2.29. The number of esters is 2. The van der Waals surface area contributed by atoms with Crippen LogP contribution in [0.25, 0.3) is 0 Å². The van der Waals surface area contributed by atoms with Crippen LogP contribution < -0.4 is 5.73 Å². The number of unbranched alkanes of at least 4 members (excludes halogenated alkanes) is 28. The normalized spacial score (nSPS) is 13.4. The van der Waals surface area contributed by atoms with Crippen molar-refractivity contribution in [3.8, 4) is 0 Å². The summed E-state index contributed by atoms with van der Waals surface area (Å²) < 4.78 is 32.9. The number of hydrogen-bond acceptors (Lipinski definition) is 8. The quantitative estimate of drug-likeness (QED) is 0.0266. The summed E-state index contributed by atoms with van der Waals surface area (Å²) in [5.74, 6) is -0.830. The van der Waals surface area contributed by atoms with E-state index in [1.54, 1.807) is 0 Å². The van der Waals surface area contributed by atoms with Gasteiger partial charge in [-0.1, -0.05) is 179 Å². The number of hydrogen-bond donors (Lipinski definition) is 2. The topological polar surface area (TPSA) is 134 Å². The van der Waals surface area contributed by atoms with Gasteiger partial charge in [-0.2, -0.15) is 0 Å². The molecule has 0 spiro atoms. The van der Waals surface area contributed by atoms with Crippen molar-refractivity contribution in [3.05, 3.63) is 24.3 Å². The molecule has 0 radical (unpaired) electrons. The maximum Gasteiger partial charge on any atom is 0.472 e. The molecule has 0 aromatic heterocycles. The Morgan fingerprint density at radius 1 is 0.509 bits per heavy atom. The number of nitrogens with two attached hydrogens (primary N) is 1. The van der Waals surface area contributed by atoms with E-state index < -0.39 is 26.5 Å². The molecule has 0 fully saturated rings. The van der Waals surface area contributed by atoms with Gasteiger partial charge in [-0.25, -0.2) is 4.57 Å². The van der Waals surface area contributed by atoms with Gasteiger partial charge in [0.25, 0.3) is 0 Å². The highest BCUT2D eigenvalue weighted by molar-refractivity contribution is 7.47. The van der Waals surface area contributed by atoms with Crippen molar-refractivity contribution in [2.75, 3.05) is 26.4 Å². The van der Waals surface area contributed by atoms with E-state index >= 15 is 0 Å². The Kier molecular flexibility index (Phi) is 42.9. The third kappa shape index (κ3) is 43.9. The van der Waals surface area contributed by atoms with Crippen LogP contribution in [0, 0.1) is 0 Å². The van der Waals surface area contributed by atoms with Crippen molar-refractivity contribution in [2.45, 2.75) is 238 Å². The first kappa shape index (κ1) is 55.5. The van der Waals surface area contributed by atoms with Crippen molar-refractivity contribution in [2.24, 2.45) is 5.73 Å². The average Bonchev–Trinajstić information content (AvgIpc) is 3.20. The fraction of sp³-hybridized carbons (Fsp3) is 0.872. The minimum Gasteiger partial charge on any atom is -0.462 e. The van der Waals surface area contributed by atoms with Crippen LogP contribution in [-0.2, 0) is 32.7 Å². The largest absolute Gasteiger partial charge is 0.472 e. The van der Waals surface area contributed by atoms with Crippen molar-refractivity contribution < 1.29 is 37.6 Å². The molecule has 0 heterocycles. The molecule has 0 rings (SSSR count). The fourth-order valence-electron chi connectivity index (χ4n) is 6.74. The van der Waals surface area contributed by atoms with E-state index in [9.17, 15) is 19.0 Å². The molecule has 0 aliphatic heterocycles. The average molecular weight is 828 g/mol. The summed E-state index contributed by atoms with van der Waals surface area (Å²) in [7, 11) is -4.38. The number of phosphoric acid groups is 1. The van der Waals surface area contributed by atoms with Gasteiger partial charge in [-0.05, 0) is 64.2 Å². The molecular formula is C47H90NO8P. The van der Waals surface area contributed by atoms with Gasteiger partial charge < -0.3 is 20.1 Å². The van der Waals surface area contributed by atoms with Crippen LogP contribution in [0.3, 0.4) is 0 Å². The number of ether oxygens (including phenoxy) is 2. The Balaban J connectivity index is 4.09. The molecule has 10 heteroatoms. The van der Waals surface area contributed by atoms with Crippen LogP contribution in [0.1, 0.15) is 232 Å². The van der Waals surface area contributed by atoms with E-state index in [-0.39, 0.29) is 38.6 Å². The second kappa shape index (κ2) is 44.1. The molecule has 0 aromatic rings. The highest BCUT2D eigenvalue weighted by atomic mass is 31.2. The van der Waals surface area contributed by atoms with E-state index in [2.05, 4.69) is 38.2 Å². The Labute approximate surface area is 351 Å². The van der Waals surface area contributed by atoms with Crippen LogP contribution in [0.4, 0.5) is 0 Å². The summed E-state index contributed by atoms with van der Waals surface area (Å²) in [5, 5.41) is 0. The fourth-order valence-corrected chi connectivity index (χ4v) is 7.51. The van der Waals surface area contributed by atoms with Crippen LogP contribution in [0.2, 0.25) is 0 Å². The van der Waals surface area contributed by atoms with Gasteiger partial charge in [0.05, 0.1) is 13.2 Å². The van der Waals surface area contributed by atoms with Crippen LogP contribution in [0.15, 0.2) is 24.3 Å². The van der Waals surface area contributed by atoms with Gasteiger partial charge in [0.1, 0.15) is 6.61 Å². The predicted molar refractivity (Wildman–Crippen MR) is 238 cm³/mol.